The van der Waals surface area contributed by atoms with Gasteiger partial charge >= 0.3 is 0 Å². The summed E-state index contributed by atoms with van der Waals surface area (Å²) in [4.78, 5) is 8.74. The molecule has 1 fully saturated rings. The monoisotopic (exact) mass is 231 g/mol. The van der Waals surface area contributed by atoms with Gasteiger partial charge in [0.1, 0.15) is 5.01 Å². The number of pyridine rings is 1. The van der Waals surface area contributed by atoms with Crippen LogP contribution in [-0.2, 0) is 0 Å². The molecule has 1 aliphatic heterocycles. The van der Waals surface area contributed by atoms with E-state index in [1.165, 1.54) is 12.1 Å². The maximum absolute atomic E-state index is 4.71. The van der Waals surface area contributed by atoms with Crippen LogP contribution in [0.1, 0.15) is 18.0 Å². The van der Waals surface area contributed by atoms with Crippen LogP contribution in [0.3, 0.4) is 0 Å². The minimum atomic E-state index is 0.604. The summed E-state index contributed by atoms with van der Waals surface area (Å²) in [5.41, 5.74) is 2.40. The van der Waals surface area contributed by atoms with Crippen LogP contribution in [0.15, 0.2) is 29.9 Å². The van der Waals surface area contributed by atoms with Crippen molar-refractivity contribution in [1.29, 1.82) is 0 Å². The Morgan fingerprint density at radius 1 is 1.31 bits per heavy atom. The fourth-order valence-corrected chi connectivity index (χ4v) is 2.92. The van der Waals surface area contributed by atoms with Crippen molar-refractivity contribution in [3.05, 3.63) is 35.6 Å². The Morgan fingerprint density at radius 3 is 2.94 bits per heavy atom. The Bertz CT molecular complexity index is 460. The average molecular weight is 231 g/mol. The number of hydrogen-bond donors (Lipinski definition) is 1. The Morgan fingerprint density at radius 2 is 2.19 bits per heavy atom. The number of rotatable bonds is 2. The molecule has 1 saturated heterocycles. The van der Waals surface area contributed by atoms with E-state index in [9.17, 15) is 0 Å². The molecule has 1 aliphatic rings. The molecule has 0 aromatic carbocycles. The topological polar surface area (TPSA) is 37.8 Å². The number of hydrogen-bond acceptors (Lipinski definition) is 4. The molecule has 82 valence electrons. The molecule has 3 heterocycles. The minimum Gasteiger partial charge on any atom is -0.316 e. The largest absolute Gasteiger partial charge is 0.316 e. The molecule has 1 N–H and O–H groups in total. The second-order valence-electron chi connectivity index (χ2n) is 4.00. The van der Waals surface area contributed by atoms with E-state index >= 15 is 0 Å². The van der Waals surface area contributed by atoms with Crippen LogP contribution in [0.5, 0.6) is 0 Å². The van der Waals surface area contributed by atoms with E-state index in [2.05, 4.69) is 15.7 Å². The Hall–Kier alpha value is -1.26. The highest BCUT2D eigenvalue weighted by molar-refractivity contribution is 7.13. The lowest BCUT2D eigenvalue weighted by molar-refractivity contribution is 0.742. The third-order valence-corrected chi connectivity index (χ3v) is 3.84. The van der Waals surface area contributed by atoms with Crippen LogP contribution < -0.4 is 5.32 Å². The summed E-state index contributed by atoms with van der Waals surface area (Å²) in [5.74, 6) is 0.604. The minimum absolute atomic E-state index is 0.604. The van der Waals surface area contributed by atoms with E-state index in [1.54, 1.807) is 11.3 Å². The van der Waals surface area contributed by atoms with E-state index in [0.717, 1.165) is 23.7 Å². The molecule has 0 radical (unpaired) electrons. The second kappa shape index (κ2) is 4.31. The highest BCUT2D eigenvalue weighted by Crippen LogP contribution is 2.28. The standard InChI is InChI=1S/C12H13N3S/c1-4-13-5-2-9(1)12-15-11(8-16-12)10-3-6-14-7-10/h1-2,4-5,8,10,14H,3,6-7H2. The first kappa shape index (κ1) is 9.93. The van der Waals surface area contributed by atoms with Gasteiger partial charge in [0.25, 0.3) is 0 Å². The number of thiazole rings is 1. The molecule has 2 aromatic rings. The predicted octanol–water partition coefficient (Wildman–Crippen LogP) is 2.28. The first-order valence-corrected chi connectivity index (χ1v) is 6.38. The van der Waals surface area contributed by atoms with E-state index < -0.39 is 0 Å². The molecule has 1 atom stereocenters. The first-order chi connectivity index (χ1) is 7.93. The molecular formula is C12H13N3S. The van der Waals surface area contributed by atoms with Crippen LogP contribution in [0.4, 0.5) is 0 Å². The molecule has 0 saturated carbocycles. The third-order valence-electron chi connectivity index (χ3n) is 2.93. The first-order valence-electron chi connectivity index (χ1n) is 5.50. The normalized spacial score (nSPS) is 20.1. The molecule has 3 nitrogen and oxygen atoms in total. The van der Waals surface area contributed by atoms with Crippen LogP contribution in [-0.4, -0.2) is 23.1 Å². The van der Waals surface area contributed by atoms with Gasteiger partial charge in [0, 0.05) is 35.8 Å². The molecule has 0 bridgehead atoms. The van der Waals surface area contributed by atoms with Gasteiger partial charge in [-0.2, -0.15) is 0 Å². The van der Waals surface area contributed by atoms with Gasteiger partial charge in [-0.3, -0.25) is 4.98 Å². The molecule has 2 aromatic heterocycles. The summed E-state index contributed by atoms with van der Waals surface area (Å²) in [7, 11) is 0. The molecule has 16 heavy (non-hydrogen) atoms. The fourth-order valence-electron chi connectivity index (χ4n) is 2.01. The molecular weight excluding hydrogens is 218 g/mol. The summed E-state index contributed by atoms with van der Waals surface area (Å²) < 4.78 is 0. The number of aromatic nitrogens is 2. The van der Waals surface area contributed by atoms with Crippen molar-refractivity contribution in [1.82, 2.24) is 15.3 Å². The summed E-state index contributed by atoms with van der Waals surface area (Å²) >= 11 is 1.72. The molecule has 3 rings (SSSR count). The van der Waals surface area contributed by atoms with Gasteiger partial charge in [-0.15, -0.1) is 11.3 Å². The van der Waals surface area contributed by atoms with Crippen LogP contribution in [0.25, 0.3) is 10.6 Å². The Labute approximate surface area is 98.6 Å². The maximum atomic E-state index is 4.71. The molecule has 4 heteroatoms. The van der Waals surface area contributed by atoms with Gasteiger partial charge in [-0.1, -0.05) is 0 Å². The summed E-state index contributed by atoms with van der Waals surface area (Å²) in [6, 6.07) is 4.02. The van der Waals surface area contributed by atoms with Crippen LogP contribution >= 0.6 is 11.3 Å². The van der Waals surface area contributed by atoms with E-state index in [1.807, 2.05) is 24.5 Å². The van der Waals surface area contributed by atoms with Gasteiger partial charge in [-0.25, -0.2) is 4.98 Å². The van der Waals surface area contributed by atoms with Crippen molar-refractivity contribution in [2.24, 2.45) is 0 Å². The third kappa shape index (κ3) is 1.86. The van der Waals surface area contributed by atoms with Crippen molar-refractivity contribution < 1.29 is 0 Å². The van der Waals surface area contributed by atoms with Crippen molar-refractivity contribution in [3.63, 3.8) is 0 Å². The van der Waals surface area contributed by atoms with Crippen molar-refractivity contribution in [3.8, 4) is 10.6 Å². The number of nitrogens with zero attached hydrogens (tertiary/aromatic N) is 2. The van der Waals surface area contributed by atoms with Gasteiger partial charge in [0.15, 0.2) is 0 Å². The Balaban J connectivity index is 1.87. The smallest absolute Gasteiger partial charge is 0.123 e. The summed E-state index contributed by atoms with van der Waals surface area (Å²) in [6.45, 7) is 2.19. The molecule has 0 aliphatic carbocycles. The lowest BCUT2D eigenvalue weighted by atomic mass is 10.1. The molecule has 0 spiro atoms. The number of nitrogens with one attached hydrogen (secondary N) is 1. The maximum Gasteiger partial charge on any atom is 0.123 e. The van der Waals surface area contributed by atoms with Crippen LogP contribution in [0.2, 0.25) is 0 Å². The van der Waals surface area contributed by atoms with Crippen molar-refractivity contribution in [2.45, 2.75) is 12.3 Å². The summed E-state index contributed by atoms with van der Waals surface area (Å²) in [6.07, 6.45) is 4.83. The van der Waals surface area contributed by atoms with Crippen LogP contribution in [0, 0.1) is 0 Å². The lowest BCUT2D eigenvalue weighted by Gasteiger charge is -2.02. The Kier molecular flexibility index (Phi) is 2.68. The van der Waals surface area contributed by atoms with E-state index in [-0.39, 0.29) is 0 Å². The van der Waals surface area contributed by atoms with Gasteiger partial charge < -0.3 is 5.32 Å². The van der Waals surface area contributed by atoms with Gasteiger partial charge in [-0.05, 0) is 25.1 Å². The molecule has 1 unspecified atom stereocenters. The fraction of sp³-hybridized carbons (Fsp3) is 0.333. The zero-order valence-corrected chi connectivity index (χ0v) is 9.70. The van der Waals surface area contributed by atoms with Crippen molar-refractivity contribution in [2.75, 3.05) is 13.1 Å². The zero-order valence-electron chi connectivity index (χ0n) is 8.89. The van der Waals surface area contributed by atoms with E-state index in [4.69, 9.17) is 4.98 Å². The highest BCUT2D eigenvalue weighted by Gasteiger charge is 2.19. The zero-order chi connectivity index (χ0) is 10.8. The van der Waals surface area contributed by atoms with E-state index in [0.29, 0.717) is 5.92 Å². The lowest BCUT2D eigenvalue weighted by Crippen LogP contribution is -2.08. The summed E-state index contributed by atoms with van der Waals surface area (Å²) in [5, 5.41) is 6.66. The highest BCUT2D eigenvalue weighted by atomic mass is 32.1. The SMILES string of the molecule is c1cc(-c2nc(C3CCNC3)cs2)ccn1. The molecule has 0 amide bonds. The van der Waals surface area contributed by atoms with Crippen molar-refractivity contribution >= 4 is 11.3 Å². The average Bonchev–Trinajstić information content (AvgIpc) is 3.01. The predicted molar refractivity (Wildman–Crippen MR) is 65.6 cm³/mol. The van der Waals surface area contributed by atoms with Gasteiger partial charge in [0.05, 0.1) is 5.69 Å². The quantitative estimate of drug-likeness (QED) is 0.861. The second-order valence-corrected chi connectivity index (χ2v) is 4.86. The van der Waals surface area contributed by atoms with Gasteiger partial charge in [0.2, 0.25) is 0 Å².